The van der Waals surface area contributed by atoms with Gasteiger partial charge in [0, 0.05) is 38.3 Å². The first-order valence-corrected chi connectivity index (χ1v) is 7.79. The number of piperazine rings is 1. The van der Waals surface area contributed by atoms with Crippen molar-refractivity contribution in [3.8, 4) is 0 Å². The van der Waals surface area contributed by atoms with E-state index in [9.17, 15) is 9.59 Å². The third-order valence-corrected chi connectivity index (χ3v) is 4.79. The topological polar surface area (TPSA) is 74.3 Å². The van der Waals surface area contributed by atoms with Crippen LogP contribution >= 0.6 is 0 Å². The van der Waals surface area contributed by atoms with Crippen LogP contribution in [0.4, 0.5) is 5.82 Å². The van der Waals surface area contributed by atoms with Gasteiger partial charge in [-0.25, -0.2) is 4.98 Å². The van der Waals surface area contributed by atoms with Crippen molar-refractivity contribution in [1.29, 1.82) is 0 Å². The molecule has 6 heteroatoms. The van der Waals surface area contributed by atoms with Gasteiger partial charge in [-0.3, -0.25) is 14.9 Å². The molecular weight excluding hydrogens is 280 g/mol. The molecule has 0 aromatic carbocycles. The molecule has 2 aliphatic rings. The van der Waals surface area contributed by atoms with Crippen molar-refractivity contribution in [1.82, 2.24) is 15.6 Å². The molecule has 0 radical (unpaired) electrons. The summed E-state index contributed by atoms with van der Waals surface area (Å²) >= 11 is 0. The number of imide groups is 1. The normalized spacial score (nSPS) is 29.4. The molecule has 2 aliphatic heterocycles. The number of rotatable bonds is 2. The molecule has 1 aromatic heterocycles. The Labute approximate surface area is 130 Å². The van der Waals surface area contributed by atoms with Crippen LogP contribution in [0.25, 0.3) is 0 Å². The van der Waals surface area contributed by atoms with Crippen LogP contribution in [0.2, 0.25) is 0 Å². The Bertz CT molecular complexity index is 586. The van der Waals surface area contributed by atoms with Gasteiger partial charge in [0.1, 0.15) is 5.82 Å². The molecule has 2 atom stereocenters. The summed E-state index contributed by atoms with van der Waals surface area (Å²) in [7, 11) is 0. The van der Waals surface area contributed by atoms with Crippen LogP contribution in [0.15, 0.2) is 18.3 Å². The fourth-order valence-electron chi connectivity index (χ4n) is 3.14. The van der Waals surface area contributed by atoms with Crippen molar-refractivity contribution in [3.63, 3.8) is 0 Å². The number of carbonyl (C=O) groups is 2. The minimum atomic E-state index is -0.672. The smallest absolute Gasteiger partial charge is 0.236 e. The Balaban J connectivity index is 1.82. The molecule has 6 nitrogen and oxygen atoms in total. The van der Waals surface area contributed by atoms with Crippen LogP contribution in [0.1, 0.15) is 32.3 Å². The van der Waals surface area contributed by atoms with Gasteiger partial charge >= 0.3 is 0 Å². The van der Waals surface area contributed by atoms with E-state index in [-0.39, 0.29) is 11.8 Å². The highest BCUT2D eigenvalue weighted by Gasteiger charge is 2.40. The Hall–Kier alpha value is -1.95. The fourth-order valence-corrected chi connectivity index (χ4v) is 3.14. The van der Waals surface area contributed by atoms with E-state index in [0.29, 0.717) is 18.9 Å². The number of amides is 2. The Morgan fingerprint density at radius 3 is 2.82 bits per heavy atom. The Kier molecular flexibility index (Phi) is 3.87. The SMILES string of the molecule is C[C@H]1CNCCN1c1ccc([C@@]2(C)CCC(=O)NC2=O)cn1. The van der Waals surface area contributed by atoms with Crippen molar-refractivity contribution in [2.45, 2.75) is 38.1 Å². The quantitative estimate of drug-likeness (QED) is 0.782. The maximum Gasteiger partial charge on any atom is 0.236 e. The first-order chi connectivity index (χ1) is 10.5. The number of carbonyl (C=O) groups excluding carboxylic acids is 2. The standard InChI is InChI=1S/C16H22N4O2/c1-11-9-17-7-8-20(11)13-4-3-12(10-18-13)16(2)6-5-14(21)19-15(16)22/h3-4,10-11,17H,5-9H2,1-2H3,(H,19,21,22)/t11-,16+/m0/s1. The third kappa shape index (κ3) is 2.59. The summed E-state index contributed by atoms with van der Waals surface area (Å²) in [5, 5.41) is 5.79. The number of hydrogen-bond donors (Lipinski definition) is 2. The number of pyridine rings is 1. The van der Waals surface area contributed by atoms with Gasteiger partial charge < -0.3 is 10.2 Å². The number of nitrogens with zero attached hydrogens (tertiary/aromatic N) is 2. The molecule has 0 unspecified atom stereocenters. The predicted molar refractivity (Wildman–Crippen MR) is 83.7 cm³/mol. The highest BCUT2D eigenvalue weighted by molar-refractivity contribution is 6.03. The minimum Gasteiger partial charge on any atom is -0.351 e. The van der Waals surface area contributed by atoms with E-state index < -0.39 is 5.41 Å². The van der Waals surface area contributed by atoms with Crippen molar-refractivity contribution < 1.29 is 9.59 Å². The molecule has 2 fully saturated rings. The second-order valence-corrected chi connectivity index (χ2v) is 6.36. The van der Waals surface area contributed by atoms with Crippen LogP contribution in [0, 0.1) is 0 Å². The summed E-state index contributed by atoms with van der Waals surface area (Å²) in [5.41, 5.74) is 0.193. The zero-order valence-corrected chi connectivity index (χ0v) is 13.1. The van der Waals surface area contributed by atoms with Crippen molar-refractivity contribution >= 4 is 17.6 Å². The lowest BCUT2D eigenvalue weighted by Gasteiger charge is -2.36. The lowest BCUT2D eigenvalue weighted by Crippen LogP contribution is -2.50. The largest absolute Gasteiger partial charge is 0.351 e. The van der Waals surface area contributed by atoms with Gasteiger partial charge in [0.05, 0.1) is 5.41 Å². The van der Waals surface area contributed by atoms with E-state index in [2.05, 4.69) is 27.4 Å². The molecule has 0 aliphatic carbocycles. The highest BCUT2D eigenvalue weighted by atomic mass is 16.2. The van der Waals surface area contributed by atoms with Gasteiger partial charge in [0.2, 0.25) is 11.8 Å². The second-order valence-electron chi connectivity index (χ2n) is 6.36. The molecule has 1 aromatic rings. The molecule has 0 spiro atoms. The molecule has 22 heavy (non-hydrogen) atoms. The molecule has 3 rings (SSSR count). The summed E-state index contributed by atoms with van der Waals surface area (Å²) < 4.78 is 0. The van der Waals surface area contributed by atoms with Gasteiger partial charge in [0.25, 0.3) is 0 Å². The maximum atomic E-state index is 12.2. The molecule has 2 N–H and O–H groups in total. The second kappa shape index (κ2) is 5.68. The number of aromatic nitrogens is 1. The van der Waals surface area contributed by atoms with Gasteiger partial charge in [-0.15, -0.1) is 0 Å². The maximum absolute atomic E-state index is 12.2. The van der Waals surface area contributed by atoms with Gasteiger partial charge in [-0.1, -0.05) is 6.07 Å². The van der Waals surface area contributed by atoms with E-state index in [1.165, 1.54) is 0 Å². The van der Waals surface area contributed by atoms with E-state index in [0.717, 1.165) is 31.0 Å². The summed E-state index contributed by atoms with van der Waals surface area (Å²) in [6.45, 7) is 6.88. The Morgan fingerprint density at radius 2 is 2.18 bits per heavy atom. The predicted octanol–water partition coefficient (Wildman–Crippen LogP) is 0.574. The monoisotopic (exact) mass is 302 g/mol. The molecule has 3 heterocycles. The van der Waals surface area contributed by atoms with Crippen LogP contribution in [-0.2, 0) is 15.0 Å². The van der Waals surface area contributed by atoms with Crippen LogP contribution in [0.5, 0.6) is 0 Å². The van der Waals surface area contributed by atoms with Crippen molar-refractivity contribution in [3.05, 3.63) is 23.9 Å². The highest BCUT2D eigenvalue weighted by Crippen LogP contribution is 2.32. The first kappa shape index (κ1) is 15.0. The van der Waals surface area contributed by atoms with Gasteiger partial charge in [-0.2, -0.15) is 0 Å². The molecular formula is C16H22N4O2. The van der Waals surface area contributed by atoms with E-state index >= 15 is 0 Å². The van der Waals surface area contributed by atoms with E-state index in [4.69, 9.17) is 0 Å². The molecule has 2 amide bonds. The molecule has 118 valence electrons. The lowest BCUT2D eigenvalue weighted by molar-refractivity contribution is -0.137. The van der Waals surface area contributed by atoms with E-state index in [1.807, 2.05) is 19.1 Å². The van der Waals surface area contributed by atoms with Gasteiger partial charge in [0.15, 0.2) is 0 Å². The Morgan fingerprint density at radius 1 is 1.36 bits per heavy atom. The van der Waals surface area contributed by atoms with Crippen molar-refractivity contribution in [2.75, 3.05) is 24.5 Å². The molecule has 0 bridgehead atoms. The lowest BCUT2D eigenvalue weighted by atomic mass is 9.76. The minimum absolute atomic E-state index is 0.193. The summed E-state index contributed by atoms with van der Waals surface area (Å²) in [6, 6.07) is 4.34. The summed E-state index contributed by atoms with van der Waals surface area (Å²) in [4.78, 5) is 30.3. The molecule has 2 saturated heterocycles. The van der Waals surface area contributed by atoms with Crippen LogP contribution < -0.4 is 15.5 Å². The van der Waals surface area contributed by atoms with Crippen molar-refractivity contribution in [2.24, 2.45) is 0 Å². The average Bonchev–Trinajstić information content (AvgIpc) is 2.52. The fraction of sp³-hybridized carbons (Fsp3) is 0.562. The number of hydrogen-bond acceptors (Lipinski definition) is 5. The summed E-state index contributed by atoms with van der Waals surface area (Å²) in [5.74, 6) is 0.518. The summed E-state index contributed by atoms with van der Waals surface area (Å²) in [6.07, 6.45) is 2.68. The van der Waals surface area contributed by atoms with E-state index in [1.54, 1.807) is 6.20 Å². The zero-order chi connectivity index (χ0) is 15.7. The van der Waals surface area contributed by atoms with Crippen LogP contribution in [0.3, 0.4) is 0 Å². The van der Waals surface area contributed by atoms with Gasteiger partial charge in [-0.05, 0) is 31.9 Å². The number of anilines is 1. The zero-order valence-electron chi connectivity index (χ0n) is 13.1. The number of piperidine rings is 1. The average molecular weight is 302 g/mol. The first-order valence-electron chi connectivity index (χ1n) is 7.79. The number of nitrogens with one attached hydrogen (secondary N) is 2. The third-order valence-electron chi connectivity index (χ3n) is 4.79. The van der Waals surface area contributed by atoms with Crippen LogP contribution in [-0.4, -0.2) is 42.5 Å². The molecule has 0 saturated carbocycles.